The molecule has 2 rings (SSSR count). The summed E-state index contributed by atoms with van der Waals surface area (Å²) in [6.07, 6.45) is 7.05. The van der Waals surface area contributed by atoms with Crippen molar-refractivity contribution in [3.63, 3.8) is 0 Å². The molecule has 0 bridgehead atoms. The quantitative estimate of drug-likeness (QED) is 0.884. The molecule has 1 aromatic rings. The van der Waals surface area contributed by atoms with Gasteiger partial charge in [-0.25, -0.2) is 0 Å². The Labute approximate surface area is 124 Å². The lowest BCUT2D eigenvalue weighted by atomic mass is 9.88. The summed E-state index contributed by atoms with van der Waals surface area (Å²) in [5, 5.41) is 0. The van der Waals surface area contributed by atoms with E-state index in [1.165, 1.54) is 55.3 Å². The van der Waals surface area contributed by atoms with Crippen molar-refractivity contribution in [1.82, 2.24) is 4.90 Å². The second-order valence-electron chi connectivity index (χ2n) is 6.50. The fraction of sp³-hybridized carbons (Fsp3) is 0.667. The first kappa shape index (κ1) is 15.5. The van der Waals surface area contributed by atoms with Crippen molar-refractivity contribution >= 4 is 0 Å². The minimum atomic E-state index is 0.359. The van der Waals surface area contributed by atoms with E-state index in [1.807, 2.05) is 0 Å². The van der Waals surface area contributed by atoms with Crippen molar-refractivity contribution in [3.8, 4) is 0 Å². The Morgan fingerprint density at radius 3 is 2.30 bits per heavy atom. The highest BCUT2D eigenvalue weighted by Crippen LogP contribution is 2.29. The van der Waals surface area contributed by atoms with Crippen LogP contribution in [0.1, 0.15) is 54.8 Å². The first-order chi connectivity index (χ1) is 9.63. The predicted octanol–water partition coefficient (Wildman–Crippen LogP) is 3.82. The van der Waals surface area contributed by atoms with Crippen molar-refractivity contribution in [2.75, 3.05) is 20.1 Å². The Balaban J connectivity index is 2.10. The summed E-state index contributed by atoms with van der Waals surface area (Å²) in [6, 6.07) is 6.92. The SMILES string of the molecule is Cc1cccc(C)c1C(CN)N(C)CC1CCCCC1. The van der Waals surface area contributed by atoms with E-state index in [0.717, 1.165) is 5.92 Å². The van der Waals surface area contributed by atoms with E-state index in [-0.39, 0.29) is 0 Å². The summed E-state index contributed by atoms with van der Waals surface area (Å²) in [5.74, 6) is 0.868. The van der Waals surface area contributed by atoms with Gasteiger partial charge in [-0.15, -0.1) is 0 Å². The zero-order valence-corrected chi connectivity index (χ0v) is 13.4. The molecule has 0 amide bonds. The molecule has 0 spiro atoms. The molecule has 0 saturated heterocycles. The van der Waals surface area contributed by atoms with E-state index in [2.05, 4.69) is 44.0 Å². The van der Waals surface area contributed by atoms with Crippen LogP contribution in [0.25, 0.3) is 0 Å². The number of likely N-dealkylation sites (N-methyl/N-ethyl adjacent to an activating group) is 1. The molecule has 0 heterocycles. The fourth-order valence-electron chi connectivity index (χ4n) is 3.78. The molecule has 112 valence electrons. The van der Waals surface area contributed by atoms with Gasteiger partial charge < -0.3 is 5.73 Å². The molecule has 20 heavy (non-hydrogen) atoms. The highest BCUT2D eigenvalue weighted by Gasteiger charge is 2.22. The van der Waals surface area contributed by atoms with Crippen molar-refractivity contribution < 1.29 is 0 Å². The van der Waals surface area contributed by atoms with Gasteiger partial charge in [-0.2, -0.15) is 0 Å². The zero-order valence-electron chi connectivity index (χ0n) is 13.4. The molecule has 2 heteroatoms. The zero-order chi connectivity index (χ0) is 14.5. The number of benzene rings is 1. The van der Waals surface area contributed by atoms with Gasteiger partial charge in [-0.05, 0) is 56.3 Å². The topological polar surface area (TPSA) is 29.3 Å². The van der Waals surface area contributed by atoms with E-state index in [1.54, 1.807) is 0 Å². The number of nitrogens with zero attached hydrogens (tertiary/aromatic N) is 1. The van der Waals surface area contributed by atoms with Gasteiger partial charge in [-0.1, -0.05) is 37.5 Å². The number of rotatable bonds is 5. The van der Waals surface area contributed by atoms with Crippen LogP contribution in [0.5, 0.6) is 0 Å². The second-order valence-corrected chi connectivity index (χ2v) is 6.50. The molecule has 2 N–H and O–H groups in total. The molecule has 1 saturated carbocycles. The lowest BCUT2D eigenvalue weighted by molar-refractivity contribution is 0.185. The third kappa shape index (κ3) is 3.62. The third-order valence-electron chi connectivity index (χ3n) is 4.90. The summed E-state index contributed by atoms with van der Waals surface area (Å²) < 4.78 is 0. The van der Waals surface area contributed by atoms with Crippen LogP contribution in [0.4, 0.5) is 0 Å². The Bertz CT molecular complexity index is 401. The largest absolute Gasteiger partial charge is 0.329 e. The number of nitrogens with two attached hydrogens (primary N) is 1. The average Bonchev–Trinajstić information content (AvgIpc) is 2.44. The van der Waals surface area contributed by atoms with Gasteiger partial charge >= 0.3 is 0 Å². The van der Waals surface area contributed by atoms with Crippen molar-refractivity contribution in [2.45, 2.75) is 52.0 Å². The Morgan fingerprint density at radius 1 is 1.15 bits per heavy atom. The monoisotopic (exact) mass is 274 g/mol. The van der Waals surface area contributed by atoms with Gasteiger partial charge in [0.2, 0.25) is 0 Å². The van der Waals surface area contributed by atoms with Crippen molar-refractivity contribution in [2.24, 2.45) is 11.7 Å². The molecule has 1 aromatic carbocycles. The molecule has 0 aromatic heterocycles. The molecule has 0 radical (unpaired) electrons. The maximum Gasteiger partial charge on any atom is 0.0472 e. The maximum absolute atomic E-state index is 6.11. The minimum absolute atomic E-state index is 0.359. The molecular formula is C18H30N2. The highest BCUT2D eigenvalue weighted by molar-refractivity contribution is 5.36. The van der Waals surface area contributed by atoms with E-state index in [4.69, 9.17) is 5.73 Å². The maximum atomic E-state index is 6.11. The first-order valence-electron chi connectivity index (χ1n) is 8.10. The molecule has 1 unspecified atom stereocenters. The standard InChI is InChI=1S/C18H30N2/c1-14-8-7-9-15(2)18(14)17(12-19)20(3)13-16-10-5-4-6-11-16/h7-9,16-17H,4-6,10-13,19H2,1-3H3. The van der Waals surface area contributed by atoms with Crippen LogP contribution in [0.2, 0.25) is 0 Å². The van der Waals surface area contributed by atoms with E-state index >= 15 is 0 Å². The van der Waals surface area contributed by atoms with Gasteiger partial charge in [0.05, 0.1) is 0 Å². The van der Waals surface area contributed by atoms with Crippen LogP contribution >= 0.6 is 0 Å². The van der Waals surface area contributed by atoms with Crippen LogP contribution in [-0.2, 0) is 0 Å². The summed E-state index contributed by atoms with van der Waals surface area (Å²) in [6.45, 7) is 6.31. The van der Waals surface area contributed by atoms with Crippen LogP contribution in [0.3, 0.4) is 0 Å². The molecular weight excluding hydrogens is 244 g/mol. The van der Waals surface area contributed by atoms with Crippen LogP contribution < -0.4 is 5.73 Å². The normalized spacial score (nSPS) is 18.4. The van der Waals surface area contributed by atoms with Crippen LogP contribution in [0.15, 0.2) is 18.2 Å². The average molecular weight is 274 g/mol. The Kier molecular flexibility index (Phi) is 5.62. The van der Waals surface area contributed by atoms with E-state index in [9.17, 15) is 0 Å². The number of aryl methyl sites for hydroxylation is 2. The van der Waals surface area contributed by atoms with Gasteiger partial charge in [0.25, 0.3) is 0 Å². The van der Waals surface area contributed by atoms with Crippen LogP contribution in [0, 0.1) is 19.8 Å². The Hall–Kier alpha value is -0.860. The second kappa shape index (κ2) is 7.24. The third-order valence-corrected chi connectivity index (χ3v) is 4.90. The lowest BCUT2D eigenvalue weighted by Gasteiger charge is -2.34. The molecule has 0 aliphatic heterocycles. The highest BCUT2D eigenvalue weighted by atomic mass is 15.1. The summed E-state index contributed by atoms with van der Waals surface area (Å²) in [4.78, 5) is 2.49. The number of hydrogen-bond donors (Lipinski definition) is 1. The van der Waals surface area contributed by atoms with Crippen LogP contribution in [-0.4, -0.2) is 25.0 Å². The molecule has 1 atom stereocenters. The summed E-state index contributed by atoms with van der Waals surface area (Å²) >= 11 is 0. The Morgan fingerprint density at radius 2 is 1.75 bits per heavy atom. The van der Waals surface area contributed by atoms with Gasteiger partial charge in [-0.3, -0.25) is 4.90 Å². The molecule has 2 nitrogen and oxygen atoms in total. The fourth-order valence-corrected chi connectivity index (χ4v) is 3.78. The molecule has 1 aliphatic carbocycles. The van der Waals surface area contributed by atoms with Gasteiger partial charge in [0, 0.05) is 19.1 Å². The lowest BCUT2D eigenvalue weighted by Crippen LogP contribution is -2.35. The van der Waals surface area contributed by atoms with Crippen molar-refractivity contribution in [1.29, 1.82) is 0 Å². The van der Waals surface area contributed by atoms with Gasteiger partial charge in [0.1, 0.15) is 0 Å². The summed E-state index contributed by atoms with van der Waals surface area (Å²) in [7, 11) is 2.25. The molecule has 1 aliphatic rings. The molecule has 1 fully saturated rings. The number of hydrogen-bond acceptors (Lipinski definition) is 2. The van der Waals surface area contributed by atoms with Crippen molar-refractivity contribution in [3.05, 3.63) is 34.9 Å². The van der Waals surface area contributed by atoms with E-state index in [0.29, 0.717) is 12.6 Å². The predicted molar refractivity (Wildman–Crippen MR) is 86.9 cm³/mol. The van der Waals surface area contributed by atoms with E-state index < -0.39 is 0 Å². The first-order valence-corrected chi connectivity index (χ1v) is 8.10. The van der Waals surface area contributed by atoms with Gasteiger partial charge in [0.15, 0.2) is 0 Å². The summed E-state index contributed by atoms with van der Waals surface area (Å²) in [5.41, 5.74) is 10.3. The minimum Gasteiger partial charge on any atom is -0.329 e. The smallest absolute Gasteiger partial charge is 0.0472 e.